The first-order valence-electron chi connectivity index (χ1n) is 7.60. The van der Waals surface area contributed by atoms with E-state index in [1.807, 2.05) is 54.6 Å². The van der Waals surface area contributed by atoms with Crippen molar-refractivity contribution in [3.8, 4) is 22.8 Å². The van der Waals surface area contributed by atoms with Crippen LogP contribution in [-0.4, -0.2) is 16.0 Å². The van der Waals surface area contributed by atoms with Gasteiger partial charge in [0.05, 0.1) is 0 Å². The lowest BCUT2D eigenvalue weighted by atomic mass is 10.2. The van der Waals surface area contributed by atoms with E-state index in [-0.39, 0.29) is 11.8 Å². The maximum Gasteiger partial charge on any atom is 0.258 e. The van der Waals surface area contributed by atoms with Gasteiger partial charge in [-0.3, -0.25) is 4.79 Å². The fourth-order valence-electron chi connectivity index (χ4n) is 2.37. The van der Waals surface area contributed by atoms with Gasteiger partial charge in [-0.25, -0.2) is 0 Å². The van der Waals surface area contributed by atoms with Crippen molar-refractivity contribution < 1.29 is 9.32 Å². The van der Waals surface area contributed by atoms with Gasteiger partial charge in [0.15, 0.2) is 0 Å². The molecule has 1 heterocycles. The minimum atomic E-state index is 0.0812. The Labute approximate surface area is 133 Å². The summed E-state index contributed by atoms with van der Waals surface area (Å²) >= 11 is 0. The maximum atomic E-state index is 11.8. The third kappa shape index (κ3) is 2.99. The Balaban J connectivity index is 1.58. The first kappa shape index (κ1) is 13.7. The second-order valence-electron chi connectivity index (χ2n) is 5.63. The van der Waals surface area contributed by atoms with Crippen LogP contribution in [0, 0.1) is 5.92 Å². The summed E-state index contributed by atoms with van der Waals surface area (Å²) in [5.74, 6) is 1.24. The normalized spacial score (nSPS) is 13.7. The molecule has 0 bridgehead atoms. The Hall–Kier alpha value is -2.95. The first-order valence-corrected chi connectivity index (χ1v) is 7.60. The van der Waals surface area contributed by atoms with Crippen molar-refractivity contribution in [1.82, 2.24) is 10.1 Å². The molecular formula is C18H15N3O2. The minimum absolute atomic E-state index is 0.0812. The van der Waals surface area contributed by atoms with Crippen molar-refractivity contribution in [1.29, 1.82) is 0 Å². The molecule has 23 heavy (non-hydrogen) atoms. The Morgan fingerprint density at radius 3 is 2.61 bits per heavy atom. The number of aromatic nitrogens is 2. The lowest BCUT2D eigenvalue weighted by molar-refractivity contribution is -0.117. The molecule has 3 aromatic rings. The minimum Gasteiger partial charge on any atom is -0.334 e. The summed E-state index contributed by atoms with van der Waals surface area (Å²) in [5.41, 5.74) is 2.44. The van der Waals surface area contributed by atoms with Gasteiger partial charge in [-0.1, -0.05) is 41.6 Å². The number of nitrogens with zero attached hydrogens (tertiary/aromatic N) is 2. The van der Waals surface area contributed by atoms with E-state index < -0.39 is 0 Å². The fraction of sp³-hybridized carbons (Fsp3) is 0.167. The van der Waals surface area contributed by atoms with Gasteiger partial charge < -0.3 is 9.84 Å². The monoisotopic (exact) mass is 305 g/mol. The number of amides is 1. The predicted octanol–water partition coefficient (Wildman–Crippen LogP) is 3.75. The van der Waals surface area contributed by atoms with Crippen LogP contribution in [0.15, 0.2) is 59.1 Å². The van der Waals surface area contributed by atoms with E-state index in [1.165, 1.54) is 0 Å². The van der Waals surface area contributed by atoms with Gasteiger partial charge in [-0.2, -0.15) is 4.98 Å². The summed E-state index contributed by atoms with van der Waals surface area (Å²) < 4.78 is 5.35. The van der Waals surface area contributed by atoms with E-state index in [1.54, 1.807) is 0 Å². The highest BCUT2D eigenvalue weighted by Crippen LogP contribution is 2.31. The van der Waals surface area contributed by atoms with Crippen LogP contribution in [0.4, 0.5) is 5.69 Å². The highest BCUT2D eigenvalue weighted by atomic mass is 16.5. The van der Waals surface area contributed by atoms with Crippen LogP contribution in [0.1, 0.15) is 12.8 Å². The Bertz CT molecular complexity index is 838. The van der Waals surface area contributed by atoms with Crippen LogP contribution in [0.25, 0.3) is 22.8 Å². The molecule has 0 atom stereocenters. The van der Waals surface area contributed by atoms with Crippen LogP contribution in [-0.2, 0) is 4.79 Å². The number of carbonyl (C=O) groups is 1. The molecule has 1 fully saturated rings. The van der Waals surface area contributed by atoms with E-state index >= 15 is 0 Å². The Kier molecular flexibility index (Phi) is 3.38. The highest BCUT2D eigenvalue weighted by molar-refractivity contribution is 5.94. The fourth-order valence-corrected chi connectivity index (χ4v) is 2.37. The molecule has 114 valence electrons. The molecule has 1 saturated carbocycles. The van der Waals surface area contributed by atoms with Crippen molar-refractivity contribution in [2.75, 3.05) is 5.32 Å². The predicted molar refractivity (Wildman–Crippen MR) is 86.5 cm³/mol. The van der Waals surface area contributed by atoms with Crippen LogP contribution in [0.2, 0.25) is 0 Å². The number of nitrogens with one attached hydrogen (secondary N) is 1. The lowest BCUT2D eigenvalue weighted by Gasteiger charge is -2.04. The second kappa shape index (κ2) is 5.68. The topological polar surface area (TPSA) is 68.0 Å². The summed E-state index contributed by atoms with van der Waals surface area (Å²) in [5, 5.41) is 6.94. The Morgan fingerprint density at radius 1 is 1.04 bits per heavy atom. The van der Waals surface area contributed by atoms with E-state index in [2.05, 4.69) is 15.5 Å². The summed E-state index contributed by atoms with van der Waals surface area (Å²) in [6.45, 7) is 0. The Morgan fingerprint density at radius 2 is 1.83 bits per heavy atom. The number of anilines is 1. The van der Waals surface area contributed by atoms with Crippen LogP contribution >= 0.6 is 0 Å². The number of rotatable bonds is 4. The summed E-state index contributed by atoms with van der Waals surface area (Å²) in [4.78, 5) is 16.3. The molecular weight excluding hydrogens is 290 g/mol. The van der Waals surface area contributed by atoms with Gasteiger partial charge in [0.2, 0.25) is 11.7 Å². The molecule has 0 aliphatic heterocycles. The molecule has 1 N–H and O–H groups in total. The van der Waals surface area contributed by atoms with Gasteiger partial charge in [-0.05, 0) is 31.0 Å². The molecule has 1 aliphatic rings. The summed E-state index contributed by atoms with van der Waals surface area (Å²) in [7, 11) is 0. The average Bonchev–Trinajstić information content (AvgIpc) is 3.33. The zero-order valence-corrected chi connectivity index (χ0v) is 12.4. The smallest absolute Gasteiger partial charge is 0.258 e. The van der Waals surface area contributed by atoms with Gasteiger partial charge in [0, 0.05) is 22.7 Å². The first-order chi connectivity index (χ1) is 11.3. The molecule has 0 saturated heterocycles. The maximum absolute atomic E-state index is 11.8. The number of hydrogen-bond acceptors (Lipinski definition) is 4. The SMILES string of the molecule is O=C(Nc1cccc(-c2nc(-c3ccccc3)no2)c1)C1CC1. The molecule has 0 radical (unpaired) electrons. The van der Waals surface area contributed by atoms with Crippen molar-refractivity contribution in [3.05, 3.63) is 54.6 Å². The van der Waals surface area contributed by atoms with E-state index in [9.17, 15) is 4.79 Å². The zero-order chi connectivity index (χ0) is 15.6. The number of benzene rings is 2. The largest absolute Gasteiger partial charge is 0.334 e. The van der Waals surface area contributed by atoms with Crippen molar-refractivity contribution in [3.63, 3.8) is 0 Å². The van der Waals surface area contributed by atoms with Crippen molar-refractivity contribution in [2.45, 2.75) is 12.8 Å². The molecule has 4 rings (SSSR count). The molecule has 0 spiro atoms. The quantitative estimate of drug-likeness (QED) is 0.797. The molecule has 5 heteroatoms. The summed E-state index contributed by atoms with van der Waals surface area (Å²) in [6, 6.07) is 17.1. The van der Waals surface area contributed by atoms with E-state index in [0.29, 0.717) is 11.7 Å². The van der Waals surface area contributed by atoms with E-state index in [4.69, 9.17) is 4.52 Å². The van der Waals surface area contributed by atoms with Crippen molar-refractivity contribution >= 4 is 11.6 Å². The van der Waals surface area contributed by atoms with Gasteiger partial charge in [0.1, 0.15) is 0 Å². The van der Waals surface area contributed by atoms with Gasteiger partial charge >= 0.3 is 0 Å². The van der Waals surface area contributed by atoms with Crippen LogP contribution < -0.4 is 5.32 Å². The molecule has 1 amide bonds. The van der Waals surface area contributed by atoms with Gasteiger partial charge in [0.25, 0.3) is 5.89 Å². The third-order valence-corrected chi connectivity index (χ3v) is 3.78. The lowest BCUT2D eigenvalue weighted by Crippen LogP contribution is -2.13. The standard InChI is InChI=1S/C18H15N3O2/c22-17(13-9-10-13)19-15-8-4-7-14(11-15)18-20-16(21-23-18)12-5-2-1-3-6-12/h1-8,11,13H,9-10H2,(H,19,22). The molecule has 0 unspecified atom stereocenters. The zero-order valence-electron chi connectivity index (χ0n) is 12.4. The van der Waals surface area contributed by atoms with Gasteiger partial charge in [-0.15, -0.1) is 0 Å². The highest BCUT2D eigenvalue weighted by Gasteiger charge is 2.29. The number of hydrogen-bond donors (Lipinski definition) is 1. The average molecular weight is 305 g/mol. The van der Waals surface area contributed by atoms with E-state index in [0.717, 1.165) is 29.7 Å². The van der Waals surface area contributed by atoms with Crippen LogP contribution in [0.5, 0.6) is 0 Å². The third-order valence-electron chi connectivity index (χ3n) is 3.78. The molecule has 1 aromatic heterocycles. The number of carbonyl (C=O) groups excluding carboxylic acids is 1. The molecule has 1 aliphatic carbocycles. The molecule has 5 nitrogen and oxygen atoms in total. The molecule has 2 aromatic carbocycles. The van der Waals surface area contributed by atoms with Crippen LogP contribution in [0.3, 0.4) is 0 Å². The van der Waals surface area contributed by atoms with Crippen molar-refractivity contribution in [2.24, 2.45) is 5.92 Å². The summed E-state index contributed by atoms with van der Waals surface area (Å²) in [6.07, 6.45) is 1.96. The second-order valence-corrected chi connectivity index (χ2v) is 5.63.